The first-order valence-corrected chi connectivity index (χ1v) is 11.1. The van der Waals surface area contributed by atoms with E-state index in [1.54, 1.807) is 6.92 Å². The number of rotatable bonds is 7. The number of carboxylic acid groups (broad SMARTS) is 1. The van der Waals surface area contributed by atoms with Crippen LogP contribution in [0.15, 0.2) is 48.5 Å². The minimum atomic E-state index is -0.877. The van der Waals surface area contributed by atoms with E-state index < -0.39 is 24.0 Å². The van der Waals surface area contributed by atoms with E-state index in [0.717, 1.165) is 28.7 Å². The van der Waals surface area contributed by atoms with Crippen molar-refractivity contribution in [1.29, 1.82) is 0 Å². The Kier molecular flexibility index (Phi) is 6.44. The number of aliphatic carboxylic acids is 1. The molecule has 1 fully saturated rings. The van der Waals surface area contributed by atoms with Crippen LogP contribution in [0.25, 0.3) is 11.1 Å². The maximum atomic E-state index is 12.4. The van der Waals surface area contributed by atoms with E-state index in [1.807, 2.05) is 24.3 Å². The molecule has 2 aromatic rings. The predicted octanol–water partition coefficient (Wildman–Crippen LogP) is 3.67. The molecular formula is C25H28N2O5. The number of hydrogen-bond donors (Lipinski definition) is 3. The van der Waals surface area contributed by atoms with Crippen LogP contribution in [0.5, 0.6) is 0 Å². The van der Waals surface area contributed by atoms with Crippen LogP contribution in [0, 0.1) is 5.92 Å². The minimum absolute atomic E-state index is 0.0259. The molecule has 7 nitrogen and oxygen atoms in total. The molecule has 3 atom stereocenters. The molecule has 2 aliphatic carbocycles. The highest BCUT2D eigenvalue weighted by Crippen LogP contribution is 2.44. The Morgan fingerprint density at radius 2 is 1.66 bits per heavy atom. The Labute approximate surface area is 187 Å². The normalized spacial score (nSPS) is 20.2. The van der Waals surface area contributed by atoms with Gasteiger partial charge in [0.05, 0.1) is 5.92 Å². The number of hydrogen-bond acceptors (Lipinski definition) is 4. The third-order valence-electron chi connectivity index (χ3n) is 6.38. The predicted molar refractivity (Wildman–Crippen MR) is 119 cm³/mol. The topological polar surface area (TPSA) is 105 Å². The number of benzene rings is 2. The van der Waals surface area contributed by atoms with Crippen LogP contribution in [-0.2, 0) is 14.3 Å². The lowest BCUT2D eigenvalue weighted by Crippen LogP contribution is -2.43. The molecule has 0 bridgehead atoms. The van der Waals surface area contributed by atoms with Crippen LogP contribution < -0.4 is 10.6 Å². The van der Waals surface area contributed by atoms with E-state index in [4.69, 9.17) is 4.74 Å². The molecule has 3 unspecified atom stereocenters. The Bertz CT molecular complexity index is 975. The monoisotopic (exact) mass is 436 g/mol. The summed E-state index contributed by atoms with van der Waals surface area (Å²) in [4.78, 5) is 35.9. The van der Waals surface area contributed by atoms with Crippen molar-refractivity contribution in [3.05, 3.63) is 59.7 Å². The van der Waals surface area contributed by atoms with Gasteiger partial charge in [-0.25, -0.2) is 4.79 Å². The Balaban J connectivity index is 1.28. The van der Waals surface area contributed by atoms with E-state index in [9.17, 15) is 19.5 Å². The molecule has 7 heteroatoms. The largest absolute Gasteiger partial charge is 0.481 e. The van der Waals surface area contributed by atoms with Crippen molar-refractivity contribution in [2.75, 3.05) is 6.61 Å². The van der Waals surface area contributed by atoms with E-state index >= 15 is 0 Å². The highest BCUT2D eigenvalue weighted by Gasteiger charge is 2.34. The third-order valence-corrected chi connectivity index (χ3v) is 6.38. The van der Waals surface area contributed by atoms with Crippen LogP contribution >= 0.6 is 0 Å². The Morgan fingerprint density at radius 1 is 1.03 bits per heavy atom. The Morgan fingerprint density at radius 3 is 2.28 bits per heavy atom. The first kappa shape index (κ1) is 21.9. The summed E-state index contributed by atoms with van der Waals surface area (Å²) in [7, 11) is 0. The summed E-state index contributed by atoms with van der Waals surface area (Å²) < 4.78 is 5.51. The lowest BCUT2D eigenvalue weighted by atomic mass is 9.98. The van der Waals surface area contributed by atoms with Crippen molar-refractivity contribution >= 4 is 18.0 Å². The molecule has 2 aromatic carbocycles. The maximum Gasteiger partial charge on any atom is 0.407 e. The van der Waals surface area contributed by atoms with Crippen molar-refractivity contribution in [2.24, 2.45) is 5.92 Å². The second kappa shape index (κ2) is 9.42. The van der Waals surface area contributed by atoms with Crippen LogP contribution in [-0.4, -0.2) is 41.8 Å². The molecule has 0 aliphatic heterocycles. The molecule has 0 aromatic heterocycles. The van der Waals surface area contributed by atoms with Gasteiger partial charge in [0.15, 0.2) is 0 Å². The van der Waals surface area contributed by atoms with Crippen LogP contribution in [0.1, 0.15) is 49.7 Å². The maximum absolute atomic E-state index is 12.4. The van der Waals surface area contributed by atoms with Gasteiger partial charge < -0.3 is 20.5 Å². The van der Waals surface area contributed by atoms with Gasteiger partial charge in [-0.3, -0.25) is 9.59 Å². The van der Waals surface area contributed by atoms with E-state index in [2.05, 4.69) is 34.9 Å². The fourth-order valence-electron chi connectivity index (χ4n) is 4.86. The zero-order valence-corrected chi connectivity index (χ0v) is 18.0. The molecule has 0 heterocycles. The molecule has 1 saturated carbocycles. The van der Waals surface area contributed by atoms with Gasteiger partial charge in [0, 0.05) is 24.4 Å². The molecule has 2 aliphatic rings. The molecule has 168 valence electrons. The van der Waals surface area contributed by atoms with Crippen LogP contribution in [0.3, 0.4) is 0 Å². The summed E-state index contributed by atoms with van der Waals surface area (Å²) in [5, 5.41) is 14.7. The van der Waals surface area contributed by atoms with Crippen molar-refractivity contribution in [3.63, 3.8) is 0 Å². The standard InChI is InChI=1S/C25H28N2O5/c1-15(13-23(28)27-22-12-6-11-20(22)24(29)30)26-25(31)32-14-21-18-9-4-2-7-16(18)17-8-3-5-10-19(17)21/h2-5,7-10,15,20-22H,6,11-14H2,1H3,(H,26,31)(H,27,28)(H,29,30). The van der Waals surface area contributed by atoms with Crippen molar-refractivity contribution in [1.82, 2.24) is 10.6 Å². The summed E-state index contributed by atoms with van der Waals surface area (Å²) in [5.74, 6) is -1.71. The van der Waals surface area contributed by atoms with Gasteiger partial charge in [0.2, 0.25) is 5.91 Å². The second-order valence-electron chi connectivity index (χ2n) is 8.62. The zero-order chi connectivity index (χ0) is 22.7. The second-order valence-corrected chi connectivity index (χ2v) is 8.62. The molecule has 32 heavy (non-hydrogen) atoms. The van der Waals surface area contributed by atoms with Crippen LogP contribution in [0.2, 0.25) is 0 Å². The molecule has 0 radical (unpaired) electrons. The zero-order valence-electron chi connectivity index (χ0n) is 18.0. The number of ether oxygens (including phenoxy) is 1. The van der Waals surface area contributed by atoms with Gasteiger partial charge in [-0.2, -0.15) is 0 Å². The van der Waals surface area contributed by atoms with E-state index in [0.29, 0.717) is 12.8 Å². The fraction of sp³-hybridized carbons (Fsp3) is 0.400. The molecule has 2 amide bonds. The van der Waals surface area contributed by atoms with Gasteiger partial charge in [-0.1, -0.05) is 55.0 Å². The number of amides is 2. The summed E-state index contributed by atoms with van der Waals surface area (Å²) >= 11 is 0. The third kappa shape index (κ3) is 4.61. The summed E-state index contributed by atoms with van der Waals surface area (Å²) in [6, 6.07) is 15.5. The summed E-state index contributed by atoms with van der Waals surface area (Å²) in [6.45, 7) is 1.94. The number of fused-ring (bicyclic) bond motifs is 3. The number of alkyl carbamates (subject to hydrolysis) is 1. The lowest BCUT2D eigenvalue weighted by Gasteiger charge is -2.20. The van der Waals surface area contributed by atoms with Crippen LogP contribution in [0.4, 0.5) is 4.79 Å². The summed E-state index contributed by atoms with van der Waals surface area (Å²) in [5.41, 5.74) is 4.60. The van der Waals surface area contributed by atoms with Gasteiger partial charge >= 0.3 is 12.1 Å². The van der Waals surface area contributed by atoms with E-state index in [1.165, 1.54) is 0 Å². The number of carboxylic acids is 1. The van der Waals surface area contributed by atoms with Crippen molar-refractivity contribution in [3.8, 4) is 11.1 Å². The van der Waals surface area contributed by atoms with Gasteiger partial charge in [0.1, 0.15) is 6.61 Å². The molecule has 0 saturated heterocycles. The Hall–Kier alpha value is -3.35. The number of nitrogens with one attached hydrogen (secondary N) is 2. The first-order valence-electron chi connectivity index (χ1n) is 11.1. The average molecular weight is 437 g/mol. The van der Waals surface area contributed by atoms with Crippen molar-refractivity contribution < 1.29 is 24.2 Å². The number of carbonyl (C=O) groups excluding carboxylic acids is 2. The van der Waals surface area contributed by atoms with Crippen molar-refractivity contribution in [2.45, 2.75) is 50.6 Å². The van der Waals surface area contributed by atoms with Gasteiger partial charge in [-0.15, -0.1) is 0 Å². The molecule has 0 spiro atoms. The molecular weight excluding hydrogens is 408 g/mol. The van der Waals surface area contributed by atoms with Gasteiger partial charge in [0.25, 0.3) is 0 Å². The SMILES string of the molecule is CC(CC(=O)NC1CCCC1C(=O)O)NC(=O)OCC1c2ccccc2-c2ccccc21. The summed E-state index contributed by atoms with van der Waals surface area (Å²) in [6.07, 6.45) is 1.52. The quantitative estimate of drug-likeness (QED) is 0.614. The smallest absolute Gasteiger partial charge is 0.407 e. The minimum Gasteiger partial charge on any atom is -0.481 e. The highest BCUT2D eigenvalue weighted by molar-refractivity contribution is 5.80. The highest BCUT2D eigenvalue weighted by atomic mass is 16.5. The van der Waals surface area contributed by atoms with E-state index in [-0.39, 0.29) is 30.9 Å². The number of carbonyl (C=O) groups is 3. The average Bonchev–Trinajstić information content (AvgIpc) is 3.34. The fourth-order valence-corrected chi connectivity index (χ4v) is 4.86. The van der Waals surface area contributed by atoms with Gasteiger partial charge in [-0.05, 0) is 42.0 Å². The lowest BCUT2D eigenvalue weighted by molar-refractivity contribution is -0.142. The molecule has 4 rings (SSSR count). The first-order chi connectivity index (χ1) is 15.4. The molecule has 3 N–H and O–H groups in total.